The number of halogens is 1. The molecular weight excluding hydrogens is 286 g/mol. The molecule has 18 heavy (non-hydrogen) atoms. The fraction of sp³-hybridized carbons (Fsp3) is 0.500. The molecule has 2 N–H and O–H groups in total. The Hall–Kier alpha value is -1.16. The Kier molecular flexibility index (Phi) is 4.68. The van der Waals surface area contributed by atoms with Crippen molar-refractivity contribution in [2.45, 2.75) is 11.1 Å². The van der Waals surface area contributed by atoms with Crippen molar-refractivity contribution < 1.29 is 23.1 Å². The molecule has 1 heterocycles. The van der Waals surface area contributed by atoms with Gasteiger partial charge in [-0.05, 0) is 0 Å². The maximum Gasteiger partial charge on any atom is 0.334 e. The monoisotopic (exact) mass is 297 g/mol. The zero-order valence-corrected chi connectivity index (χ0v) is 11.2. The highest BCUT2D eigenvalue weighted by Crippen LogP contribution is 2.19. The van der Waals surface area contributed by atoms with Crippen LogP contribution in [0.15, 0.2) is 11.2 Å². The SMILES string of the molecule is COC(CNS(=O)(=O)c1c(Cl)cnn1C)C(=O)O. The number of aliphatic carboxylic acids is 1. The largest absolute Gasteiger partial charge is 0.479 e. The third-order valence-electron chi connectivity index (χ3n) is 2.12. The van der Waals surface area contributed by atoms with Gasteiger partial charge in [-0.15, -0.1) is 0 Å². The van der Waals surface area contributed by atoms with Crippen LogP contribution in [-0.2, 0) is 26.6 Å². The number of ether oxygens (including phenoxy) is 1. The highest BCUT2D eigenvalue weighted by molar-refractivity contribution is 7.89. The molecule has 0 aliphatic heterocycles. The molecule has 0 aliphatic carbocycles. The van der Waals surface area contributed by atoms with E-state index in [1.165, 1.54) is 20.4 Å². The summed E-state index contributed by atoms with van der Waals surface area (Å²) in [6, 6.07) is 0. The third kappa shape index (κ3) is 3.19. The van der Waals surface area contributed by atoms with E-state index in [1.807, 2.05) is 0 Å². The predicted molar refractivity (Wildman–Crippen MR) is 61.8 cm³/mol. The molecule has 0 aliphatic rings. The molecule has 0 spiro atoms. The minimum atomic E-state index is -3.94. The topological polar surface area (TPSA) is 111 Å². The van der Waals surface area contributed by atoms with Gasteiger partial charge < -0.3 is 9.84 Å². The summed E-state index contributed by atoms with van der Waals surface area (Å²) in [5.74, 6) is -1.27. The number of aromatic nitrogens is 2. The first-order valence-corrected chi connectivity index (χ1v) is 6.58. The molecule has 0 aromatic carbocycles. The van der Waals surface area contributed by atoms with Crippen molar-refractivity contribution in [3.05, 3.63) is 11.2 Å². The van der Waals surface area contributed by atoms with E-state index >= 15 is 0 Å². The molecule has 102 valence electrons. The minimum Gasteiger partial charge on any atom is -0.479 e. The predicted octanol–water partition coefficient (Wildman–Crippen LogP) is -0.549. The van der Waals surface area contributed by atoms with Gasteiger partial charge >= 0.3 is 5.97 Å². The summed E-state index contributed by atoms with van der Waals surface area (Å²) in [7, 11) is -1.36. The van der Waals surface area contributed by atoms with Crippen LogP contribution in [0.3, 0.4) is 0 Å². The molecule has 8 nitrogen and oxygen atoms in total. The molecular formula is C8H12ClN3O5S. The zero-order valence-electron chi connectivity index (χ0n) is 9.62. The van der Waals surface area contributed by atoms with E-state index < -0.39 is 28.6 Å². The molecule has 0 fully saturated rings. The molecule has 1 atom stereocenters. The van der Waals surface area contributed by atoms with Crippen molar-refractivity contribution in [3.63, 3.8) is 0 Å². The van der Waals surface area contributed by atoms with Crippen molar-refractivity contribution in [2.24, 2.45) is 7.05 Å². The second kappa shape index (κ2) is 5.65. The number of hydrogen-bond donors (Lipinski definition) is 2. The number of aryl methyl sites for hydroxylation is 1. The van der Waals surface area contributed by atoms with Crippen LogP contribution in [0.5, 0.6) is 0 Å². The highest BCUT2D eigenvalue weighted by Gasteiger charge is 2.25. The lowest BCUT2D eigenvalue weighted by Crippen LogP contribution is -2.38. The number of hydrogen-bond acceptors (Lipinski definition) is 5. The van der Waals surface area contributed by atoms with Gasteiger partial charge in [-0.25, -0.2) is 17.9 Å². The normalized spacial score (nSPS) is 13.5. The van der Waals surface area contributed by atoms with Crippen molar-refractivity contribution in [1.82, 2.24) is 14.5 Å². The molecule has 0 amide bonds. The fourth-order valence-corrected chi connectivity index (χ4v) is 2.91. The third-order valence-corrected chi connectivity index (χ3v) is 4.04. The van der Waals surface area contributed by atoms with E-state index in [2.05, 4.69) is 14.6 Å². The van der Waals surface area contributed by atoms with Gasteiger partial charge in [0.25, 0.3) is 10.0 Å². The van der Waals surface area contributed by atoms with Gasteiger partial charge in [0.2, 0.25) is 0 Å². The molecule has 1 aromatic heterocycles. The van der Waals surface area contributed by atoms with Crippen LogP contribution in [0.25, 0.3) is 0 Å². The molecule has 0 saturated carbocycles. The van der Waals surface area contributed by atoms with Crippen molar-refractivity contribution in [1.29, 1.82) is 0 Å². The molecule has 1 rings (SSSR count). The molecule has 1 unspecified atom stereocenters. The van der Waals surface area contributed by atoms with Gasteiger partial charge in [0, 0.05) is 20.7 Å². The van der Waals surface area contributed by atoms with Crippen LogP contribution < -0.4 is 4.72 Å². The number of carbonyl (C=O) groups is 1. The standard InChI is InChI=1S/C8H12ClN3O5S/c1-12-7(5(9)3-10-12)18(15,16)11-4-6(17-2)8(13)14/h3,6,11H,4H2,1-2H3,(H,13,14). The second-order valence-corrected chi connectivity index (χ2v) is 5.43. The fourth-order valence-electron chi connectivity index (χ4n) is 1.23. The van der Waals surface area contributed by atoms with Gasteiger partial charge in [0.1, 0.15) is 0 Å². The van der Waals surface area contributed by atoms with Gasteiger partial charge in [-0.3, -0.25) is 4.68 Å². The van der Waals surface area contributed by atoms with Crippen molar-refractivity contribution >= 4 is 27.6 Å². The molecule has 10 heteroatoms. The van der Waals surface area contributed by atoms with Crippen LogP contribution in [0.4, 0.5) is 0 Å². The quantitative estimate of drug-likeness (QED) is 0.729. The van der Waals surface area contributed by atoms with Gasteiger partial charge in [-0.2, -0.15) is 5.10 Å². The van der Waals surface area contributed by atoms with Crippen LogP contribution in [0.1, 0.15) is 0 Å². The number of rotatable bonds is 6. The Morgan fingerprint density at radius 1 is 1.72 bits per heavy atom. The van der Waals surface area contributed by atoms with Gasteiger partial charge in [0.05, 0.1) is 11.2 Å². The summed E-state index contributed by atoms with van der Waals surface area (Å²) < 4.78 is 31.5. The molecule has 0 bridgehead atoms. The van der Waals surface area contributed by atoms with Crippen LogP contribution in [-0.4, -0.2) is 49.0 Å². The van der Waals surface area contributed by atoms with Crippen LogP contribution in [0, 0.1) is 0 Å². The Balaban J connectivity index is 2.87. The minimum absolute atomic E-state index is 0.0470. The number of sulfonamides is 1. The lowest BCUT2D eigenvalue weighted by molar-refractivity contribution is -0.147. The van der Waals surface area contributed by atoms with Gasteiger partial charge in [0.15, 0.2) is 11.1 Å². The van der Waals surface area contributed by atoms with Gasteiger partial charge in [-0.1, -0.05) is 11.6 Å². The lowest BCUT2D eigenvalue weighted by atomic mass is 10.4. The zero-order chi connectivity index (χ0) is 13.9. The maximum atomic E-state index is 11.9. The summed E-state index contributed by atoms with van der Waals surface area (Å²) >= 11 is 5.69. The smallest absolute Gasteiger partial charge is 0.334 e. The second-order valence-electron chi connectivity index (χ2n) is 3.34. The number of nitrogens with one attached hydrogen (secondary N) is 1. The lowest BCUT2D eigenvalue weighted by Gasteiger charge is -2.12. The average Bonchev–Trinajstić information content (AvgIpc) is 2.59. The van der Waals surface area contributed by atoms with E-state index in [1.54, 1.807) is 0 Å². The first kappa shape index (κ1) is 14.9. The number of nitrogens with zero attached hydrogens (tertiary/aromatic N) is 2. The Bertz CT molecular complexity index is 521. The van der Waals surface area contributed by atoms with E-state index in [9.17, 15) is 13.2 Å². The Labute approximate surface area is 109 Å². The van der Waals surface area contributed by atoms with Crippen LogP contribution in [0.2, 0.25) is 5.02 Å². The van der Waals surface area contributed by atoms with Crippen molar-refractivity contribution in [3.8, 4) is 0 Å². The average molecular weight is 298 g/mol. The highest BCUT2D eigenvalue weighted by atomic mass is 35.5. The van der Waals surface area contributed by atoms with E-state index in [0.717, 1.165) is 4.68 Å². The Morgan fingerprint density at radius 2 is 2.33 bits per heavy atom. The first-order chi connectivity index (χ1) is 8.29. The molecule has 1 aromatic rings. The maximum absolute atomic E-state index is 11.9. The van der Waals surface area contributed by atoms with E-state index in [0.29, 0.717) is 0 Å². The first-order valence-electron chi connectivity index (χ1n) is 4.72. The van der Waals surface area contributed by atoms with Crippen LogP contribution >= 0.6 is 11.6 Å². The van der Waals surface area contributed by atoms with Crippen molar-refractivity contribution in [2.75, 3.05) is 13.7 Å². The molecule has 0 saturated heterocycles. The number of methoxy groups -OCH3 is 1. The Morgan fingerprint density at radius 3 is 2.72 bits per heavy atom. The van der Waals surface area contributed by atoms with E-state index in [4.69, 9.17) is 16.7 Å². The summed E-state index contributed by atoms with van der Waals surface area (Å²) in [6.45, 7) is -0.407. The summed E-state index contributed by atoms with van der Waals surface area (Å²) in [5, 5.41) is 12.1. The van der Waals surface area contributed by atoms with E-state index in [-0.39, 0.29) is 10.0 Å². The molecule has 0 radical (unpaired) electrons. The summed E-state index contributed by atoms with van der Waals surface area (Å²) in [4.78, 5) is 10.7. The summed E-state index contributed by atoms with van der Waals surface area (Å²) in [5.41, 5.74) is 0. The number of carboxylic acid groups (broad SMARTS) is 1. The number of carboxylic acids is 1. The summed E-state index contributed by atoms with van der Waals surface area (Å²) in [6.07, 6.45) is -0.0898.